The van der Waals surface area contributed by atoms with Crippen LogP contribution in [0.1, 0.15) is 18.4 Å². The second-order valence-corrected chi connectivity index (χ2v) is 7.92. The fraction of sp³-hybridized carbons (Fsp3) is 0.316. The monoisotopic (exact) mass is 413 g/mol. The maximum atomic E-state index is 12.4. The number of hydrogen-bond donors (Lipinski definition) is 2. The molecule has 0 aliphatic carbocycles. The number of sulfonamides is 1. The van der Waals surface area contributed by atoms with Crippen LogP contribution in [0.2, 0.25) is 0 Å². The van der Waals surface area contributed by atoms with E-state index in [4.69, 9.17) is 21.2 Å². The van der Waals surface area contributed by atoms with Gasteiger partial charge in [0.1, 0.15) is 11.6 Å². The van der Waals surface area contributed by atoms with E-state index < -0.39 is 10.0 Å². The van der Waals surface area contributed by atoms with E-state index in [1.165, 1.54) is 18.3 Å². The van der Waals surface area contributed by atoms with Crippen molar-refractivity contribution in [1.29, 1.82) is 5.26 Å². The first kappa shape index (κ1) is 20.6. The summed E-state index contributed by atoms with van der Waals surface area (Å²) in [6, 6.07) is 8.04. The Morgan fingerprint density at radius 1 is 1.34 bits per heavy atom. The lowest BCUT2D eigenvalue weighted by molar-refractivity contribution is 0.114. The van der Waals surface area contributed by atoms with Crippen molar-refractivity contribution >= 4 is 21.7 Å². The van der Waals surface area contributed by atoms with E-state index >= 15 is 0 Å². The number of nitrogens with one attached hydrogen (secondary N) is 2. The first-order valence-corrected chi connectivity index (χ1v) is 10.3. The number of anilines is 2. The second-order valence-electron chi connectivity index (χ2n) is 6.15. The molecule has 9 nitrogen and oxygen atoms in total. The fourth-order valence-corrected chi connectivity index (χ4v) is 3.73. The van der Waals surface area contributed by atoms with Crippen LogP contribution in [0.3, 0.4) is 0 Å². The highest BCUT2D eigenvalue weighted by Gasteiger charge is 2.20. The molecule has 1 aromatic heterocycles. The summed E-state index contributed by atoms with van der Waals surface area (Å²) >= 11 is 0. The van der Waals surface area contributed by atoms with Crippen molar-refractivity contribution in [2.45, 2.75) is 23.8 Å². The van der Waals surface area contributed by atoms with Gasteiger partial charge in [0.15, 0.2) is 6.61 Å². The molecule has 0 radical (unpaired) electrons. The summed E-state index contributed by atoms with van der Waals surface area (Å²) in [4.78, 5) is 8.29. The number of rotatable bonds is 8. The summed E-state index contributed by atoms with van der Waals surface area (Å²) in [6.45, 7) is 0.887. The molecule has 0 bridgehead atoms. The van der Waals surface area contributed by atoms with Gasteiger partial charge in [0, 0.05) is 18.8 Å². The SMILES string of the molecule is C#CCOc1nc(Nc2ccc(S(=O)(=O)NCC3CCCO3)cc2)ncc1C#N. The largest absolute Gasteiger partial charge is 0.463 e. The molecule has 29 heavy (non-hydrogen) atoms. The minimum absolute atomic E-state index is 0.0312. The summed E-state index contributed by atoms with van der Waals surface area (Å²) < 4.78 is 38.0. The van der Waals surface area contributed by atoms with Gasteiger partial charge in [-0.2, -0.15) is 10.2 Å². The molecule has 0 saturated carbocycles. The van der Waals surface area contributed by atoms with Crippen molar-refractivity contribution in [3.63, 3.8) is 0 Å². The number of nitrogens with zero attached hydrogens (tertiary/aromatic N) is 3. The molecule has 3 rings (SSSR count). The molecule has 0 spiro atoms. The zero-order valence-corrected chi connectivity index (χ0v) is 16.3. The van der Waals surface area contributed by atoms with Crippen LogP contribution in [-0.2, 0) is 14.8 Å². The summed E-state index contributed by atoms with van der Waals surface area (Å²) in [5.74, 6) is 2.56. The number of benzene rings is 1. The predicted octanol–water partition coefficient (Wildman–Crippen LogP) is 1.56. The van der Waals surface area contributed by atoms with Crippen LogP contribution in [0.15, 0.2) is 35.4 Å². The molecule has 1 saturated heterocycles. The van der Waals surface area contributed by atoms with Gasteiger partial charge in [0.25, 0.3) is 0 Å². The third-order valence-corrected chi connectivity index (χ3v) is 5.55. The van der Waals surface area contributed by atoms with Crippen molar-refractivity contribution in [2.75, 3.05) is 25.1 Å². The van der Waals surface area contributed by atoms with Crippen LogP contribution in [0, 0.1) is 23.7 Å². The number of aromatic nitrogens is 2. The van der Waals surface area contributed by atoms with E-state index in [2.05, 4.69) is 25.9 Å². The summed E-state index contributed by atoms with van der Waals surface area (Å²) in [5, 5.41) is 12.0. The van der Waals surface area contributed by atoms with Crippen LogP contribution in [-0.4, -0.2) is 44.2 Å². The Kier molecular flexibility index (Phi) is 6.62. The molecule has 2 aromatic rings. The van der Waals surface area contributed by atoms with Gasteiger partial charge in [0.05, 0.1) is 17.2 Å². The zero-order chi connectivity index (χ0) is 20.7. The van der Waals surface area contributed by atoms with Crippen LogP contribution in [0.4, 0.5) is 11.6 Å². The molecule has 150 valence electrons. The Morgan fingerprint density at radius 3 is 2.79 bits per heavy atom. The maximum absolute atomic E-state index is 12.4. The van der Waals surface area contributed by atoms with Crippen LogP contribution in [0.5, 0.6) is 5.88 Å². The Morgan fingerprint density at radius 2 is 2.14 bits per heavy atom. The topological polar surface area (TPSA) is 126 Å². The van der Waals surface area contributed by atoms with Crippen molar-refractivity contribution in [1.82, 2.24) is 14.7 Å². The number of terminal acetylenes is 1. The van der Waals surface area contributed by atoms with Gasteiger partial charge in [-0.3, -0.25) is 0 Å². The highest BCUT2D eigenvalue weighted by molar-refractivity contribution is 7.89. The Hall–Kier alpha value is -3.18. The van der Waals surface area contributed by atoms with Crippen molar-refractivity contribution in [2.24, 2.45) is 0 Å². The minimum Gasteiger partial charge on any atom is -0.463 e. The third-order valence-electron chi connectivity index (χ3n) is 4.11. The lowest BCUT2D eigenvalue weighted by Gasteiger charge is -2.12. The normalized spacial score (nSPS) is 16.0. The first-order valence-electron chi connectivity index (χ1n) is 8.83. The van der Waals surface area contributed by atoms with Gasteiger partial charge in [-0.1, -0.05) is 5.92 Å². The number of hydrogen-bond acceptors (Lipinski definition) is 8. The van der Waals surface area contributed by atoms with Crippen LogP contribution >= 0.6 is 0 Å². The lowest BCUT2D eigenvalue weighted by Crippen LogP contribution is -2.31. The van der Waals surface area contributed by atoms with Gasteiger partial charge in [0.2, 0.25) is 21.9 Å². The van der Waals surface area contributed by atoms with Crippen LogP contribution in [0.25, 0.3) is 0 Å². The Balaban J connectivity index is 1.67. The summed E-state index contributed by atoms with van der Waals surface area (Å²) in [6.07, 6.45) is 8.19. The zero-order valence-electron chi connectivity index (χ0n) is 15.5. The van der Waals surface area contributed by atoms with E-state index in [0.29, 0.717) is 12.3 Å². The first-order chi connectivity index (χ1) is 14.0. The number of ether oxygens (including phenoxy) is 2. The molecular weight excluding hydrogens is 394 g/mol. The molecule has 1 aliphatic rings. The lowest BCUT2D eigenvalue weighted by atomic mass is 10.2. The summed E-state index contributed by atoms with van der Waals surface area (Å²) in [5.41, 5.74) is 0.722. The van der Waals surface area contributed by atoms with E-state index in [1.807, 2.05) is 6.07 Å². The molecule has 10 heteroatoms. The molecule has 2 N–H and O–H groups in total. The van der Waals surface area contributed by atoms with Crippen molar-refractivity contribution < 1.29 is 17.9 Å². The molecule has 1 atom stereocenters. The predicted molar refractivity (Wildman–Crippen MR) is 105 cm³/mol. The smallest absolute Gasteiger partial charge is 0.240 e. The molecule has 2 heterocycles. The highest BCUT2D eigenvalue weighted by atomic mass is 32.2. The molecule has 1 aliphatic heterocycles. The van der Waals surface area contributed by atoms with E-state index in [-0.39, 0.29) is 41.5 Å². The van der Waals surface area contributed by atoms with Crippen LogP contribution < -0.4 is 14.8 Å². The van der Waals surface area contributed by atoms with Gasteiger partial charge < -0.3 is 14.8 Å². The quantitative estimate of drug-likeness (QED) is 0.625. The standard InChI is InChI=1S/C19H19N5O4S/c1-2-9-28-18-14(11-20)12-21-19(24-18)23-15-5-7-17(8-6-15)29(25,26)22-13-16-4-3-10-27-16/h1,5-8,12,16,22H,3-4,9-10,13H2,(H,21,23,24). The average molecular weight is 413 g/mol. The molecular formula is C19H19N5O4S. The molecule has 1 unspecified atom stereocenters. The van der Waals surface area contributed by atoms with Crippen molar-refractivity contribution in [3.8, 4) is 24.3 Å². The van der Waals surface area contributed by atoms with E-state index in [1.54, 1.807) is 12.1 Å². The molecule has 0 amide bonds. The molecule has 1 fully saturated rings. The Bertz CT molecular complexity index is 1040. The fourth-order valence-electron chi connectivity index (χ4n) is 2.66. The third kappa shape index (κ3) is 5.42. The highest BCUT2D eigenvalue weighted by Crippen LogP contribution is 2.20. The van der Waals surface area contributed by atoms with Gasteiger partial charge in [-0.05, 0) is 37.1 Å². The second kappa shape index (κ2) is 9.34. The van der Waals surface area contributed by atoms with Gasteiger partial charge in [-0.25, -0.2) is 18.1 Å². The van der Waals surface area contributed by atoms with E-state index in [0.717, 1.165) is 12.8 Å². The van der Waals surface area contributed by atoms with Crippen molar-refractivity contribution in [3.05, 3.63) is 36.0 Å². The molecule has 1 aromatic carbocycles. The van der Waals surface area contributed by atoms with Gasteiger partial charge >= 0.3 is 0 Å². The van der Waals surface area contributed by atoms with E-state index in [9.17, 15) is 8.42 Å². The maximum Gasteiger partial charge on any atom is 0.240 e. The summed E-state index contributed by atoms with van der Waals surface area (Å²) in [7, 11) is -3.63. The average Bonchev–Trinajstić information content (AvgIpc) is 3.25. The number of nitriles is 1. The van der Waals surface area contributed by atoms with Gasteiger partial charge in [-0.15, -0.1) is 6.42 Å². The minimum atomic E-state index is -3.63. The Labute approximate surface area is 169 Å².